The quantitative estimate of drug-likeness (QED) is 0.730. The molecule has 0 radical (unpaired) electrons. The summed E-state index contributed by atoms with van der Waals surface area (Å²) in [6.45, 7) is 5.46. The van der Waals surface area contributed by atoms with Crippen molar-refractivity contribution in [3.63, 3.8) is 0 Å². The largest absolute Gasteiger partial charge is 0.507 e. The van der Waals surface area contributed by atoms with Crippen LogP contribution in [0.4, 0.5) is 0 Å². The van der Waals surface area contributed by atoms with Crippen molar-refractivity contribution in [1.29, 1.82) is 0 Å². The van der Waals surface area contributed by atoms with Gasteiger partial charge >= 0.3 is 0 Å². The van der Waals surface area contributed by atoms with E-state index in [0.29, 0.717) is 10.6 Å². The molecule has 72 valence electrons. The number of phenols is 1. The number of halogens is 1. The smallest absolute Gasteiger partial charge is 0.125 e. The van der Waals surface area contributed by atoms with Crippen LogP contribution in [0.15, 0.2) is 12.1 Å². The molecule has 0 fully saturated rings. The van der Waals surface area contributed by atoms with Gasteiger partial charge in [-0.3, -0.25) is 0 Å². The highest BCUT2D eigenvalue weighted by Crippen LogP contribution is 2.33. The summed E-state index contributed by atoms with van der Waals surface area (Å²) in [6.07, 6.45) is 0. The van der Waals surface area contributed by atoms with E-state index in [1.54, 1.807) is 19.1 Å². The summed E-state index contributed by atoms with van der Waals surface area (Å²) >= 11 is 5.84. The molecule has 1 aromatic rings. The number of aromatic hydroxyl groups is 1. The maximum atomic E-state index is 9.75. The van der Waals surface area contributed by atoms with Crippen LogP contribution in [0.5, 0.6) is 5.75 Å². The van der Waals surface area contributed by atoms with E-state index in [-0.39, 0.29) is 5.75 Å². The first-order valence-corrected chi connectivity index (χ1v) is 4.49. The Labute approximate surface area is 83.3 Å². The molecule has 2 nitrogen and oxygen atoms in total. The van der Waals surface area contributed by atoms with Crippen LogP contribution in [0, 0.1) is 6.92 Å². The molecule has 0 spiro atoms. The van der Waals surface area contributed by atoms with E-state index in [0.717, 1.165) is 5.56 Å². The standard InChI is InChI=1S/C10H14ClNO/c1-6-8(11)5-4-7(9(6)13)10(2,3)12/h4-5,13H,12H2,1-3H3. The highest BCUT2D eigenvalue weighted by molar-refractivity contribution is 6.31. The normalized spacial score (nSPS) is 11.8. The first-order chi connectivity index (χ1) is 5.84. The van der Waals surface area contributed by atoms with Gasteiger partial charge in [0.15, 0.2) is 0 Å². The van der Waals surface area contributed by atoms with Crippen LogP contribution in [0.3, 0.4) is 0 Å². The van der Waals surface area contributed by atoms with E-state index in [1.807, 2.05) is 13.8 Å². The molecular formula is C10H14ClNO. The second-order valence-corrected chi connectivity index (χ2v) is 4.20. The van der Waals surface area contributed by atoms with Crippen LogP contribution in [-0.4, -0.2) is 5.11 Å². The molecule has 0 saturated heterocycles. The van der Waals surface area contributed by atoms with E-state index in [9.17, 15) is 5.11 Å². The minimum Gasteiger partial charge on any atom is -0.507 e. The van der Waals surface area contributed by atoms with Crippen LogP contribution in [-0.2, 0) is 5.54 Å². The first kappa shape index (κ1) is 10.4. The summed E-state index contributed by atoms with van der Waals surface area (Å²) in [5.74, 6) is 0.194. The van der Waals surface area contributed by atoms with Crippen LogP contribution >= 0.6 is 11.6 Å². The fourth-order valence-electron chi connectivity index (χ4n) is 1.20. The molecule has 1 aromatic carbocycles. The predicted molar refractivity (Wildman–Crippen MR) is 55.1 cm³/mol. The predicted octanol–water partition coefficient (Wildman–Crippen LogP) is 2.55. The maximum Gasteiger partial charge on any atom is 0.125 e. The molecule has 0 aliphatic rings. The molecule has 0 atom stereocenters. The van der Waals surface area contributed by atoms with Gasteiger partial charge in [-0.25, -0.2) is 0 Å². The number of benzene rings is 1. The van der Waals surface area contributed by atoms with Crippen molar-refractivity contribution < 1.29 is 5.11 Å². The second kappa shape index (κ2) is 3.20. The average molecular weight is 200 g/mol. The Morgan fingerprint density at radius 1 is 1.38 bits per heavy atom. The third-order valence-corrected chi connectivity index (χ3v) is 2.47. The molecule has 3 N–H and O–H groups in total. The lowest BCUT2D eigenvalue weighted by Gasteiger charge is -2.21. The van der Waals surface area contributed by atoms with Crippen molar-refractivity contribution in [2.45, 2.75) is 26.3 Å². The summed E-state index contributed by atoms with van der Waals surface area (Å²) in [5.41, 5.74) is 6.73. The lowest BCUT2D eigenvalue weighted by atomic mass is 9.93. The number of hydrogen-bond acceptors (Lipinski definition) is 2. The molecule has 0 amide bonds. The minimum absolute atomic E-state index is 0.194. The lowest BCUT2D eigenvalue weighted by Crippen LogP contribution is -2.28. The van der Waals surface area contributed by atoms with Crippen LogP contribution < -0.4 is 5.73 Å². The van der Waals surface area contributed by atoms with Crippen molar-refractivity contribution in [3.05, 3.63) is 28.3 Å². The Balaban J connectivity index is 3.35. The summed E-state index contributed by atoms with van der Waals surface area (Å²) in [7, 11) is 0. The summed E-state index contributed by atoms with van der Waals surface area (Å²) in [5, 5.41) is 10.3. The number of phenolic OH excluding ortho intramolecular Hbond substituents is 1. The molecule has 13 heavy (non-hydrogen) atoms. The third kappa shape index (κ3) is 1.95. The lowest BCUT2D eigenvalue weighted by molar-refractivity contribution is 0.437. The zero-order valence-electron chi connectivity index (χ0n) is 8.06. The monoisotopic (exact) mass is 199 g/mol. The van der Waals surface area contributed by atoms with Gasteiger partial charge in [0.05, 0.1) is 0 Å². The second-order valence-electron chi connectivity index (χ2n) is 3.79. The van der Waals surface area contributed by atoms with Gasteiger partial charge in [0.2, 0.25) is 0 Å². The minimum atomic E-state index is -0.542. The van der Waals surface area contributed by atoms with Gasteiger partial charge in [0.25, 0.3) is 0 Å². The van der Waals surface area contributed by atoms with Crippen molar-refractivity contribution in [1.82, 2.24) is 0 Å². The Morgan fingerprint density at radius 2 is 1.92 bits per heavy atom. The Kier molecular flexibility index (Phi) is 2.55. The fraction of sp³-hybridized carbons (Fsp3) is 0.400. The fourth-order valence-corrected chi connectivity index (χ4v) is 1.35. The van der Waals surface area contributed by atoms with Crippen molar-refractivity contribution in [2.24, 2.45) is 5.73 Å². The molecule has 0 bridgehead atoms. The SMILES string of the molecule is Cc1c(Cl)ccc(C(C)(C)N)c1O. The van der Waals surface area contributed by atoms with Crippen LogP contribution in [0.1, 0.15) is 25.0 Å². The average Bonchev–Trinajstić information content (AvgIpc) is 1.98. The summed E-state index contributed by atoms with van der Waals surface area (Å²) < 4.78 is 0. The van der Waals surface area contributed by atoms with E-state index in [2.05, 4.69) is 0 Å². The molecule has 0 heterocycles. The van der Waals surface area contributed by atoms with E-state index in [4.69, 9.17) is 17.3 Å². The Morgan fingerprint density at radius 3 is 2.38 bits per heavy atom. The molecular weight excluding hydrogens is 186 g/mol. The Hall–Kier alpha value is -0.730. The number of rotatable bonds is 1. The number of hydrogen-bond donors (Lipinski definition) is 2. The van der Waals surface area contributed by atoms with Crippen LogP contribution in [0.2, 0.25) is 5.02 Å². The summed E-state index contributed by atoms with van der Waals surface area (Å²) in [6, 6.07) is 3.51. The van der Waals surface area contributed by atoms with Gasteiger partial charge in [0, 0.05) is 21.7 Å². The Bertz CT molecular complexity index is 328. The molecule has 0 saturated carbocycles. The molecule has 0 aliphatic carbocycles. The highest BCUT2D eigenvalue weighted by atomic mass is 35.5. The van der Waals surface area contributed by atoms with E-state index < -0.39 is 5.54 Å². The van der Waals surface area contributed by atoms with Crippen molar-refractivity contribution in [3.8, 4) is 5.75 Å². The molecule has 1 rings (SSSR count). The van der Waals surface area contributed by atoms with Gasteiger partial charge in [0.1, 0.15) is 5.75 Å². The molecule has 0 aliphatic heterocycles. The first-order valence-electron chi connectivity index (χ1n) is 4.11. The van der Waals surface area contributed by atoms with E-state index >= 15 is 0 Å². The molecule has 3 heteroatoms. The molecule has 0 unspecified atom stereocenters. The van der Waals surface area contributed by atoms with E-state index in [1.165, 1.54) is 0 Å². The highest BCUT2D eigenvalue weighted by Gasteiger charge is 2.20. The van der Waals surface area contributed by atoms with Gasteiger partial charge in [-0.2, -0.15) is 0 Å². The number of nitrogens with two attached hydrogens (primary N) is 1. The van der Waals surface area contributed by atoms with Gasteiger partial charge in [-0.15, -0.1) is 0 Å². The van der Waals surface area contributed by atoms with Gasteiger partial charge in [-0.05, 0) is 26.8 Å². The maximum absolute atomic E-state index is 9.75. The zero-order chi connectivity index (χ0) is 10.2. The van der Waals surface area contributed by atoms with Gasteiger partial charge in [-0.1, -0.05) is 17.7 Å². The van der Waals surface area contributed by atoms with Crippen molar-refractivity contribution in [2.75, 3.05) is 0 Å². The topological polar surface area (TPSA) is 46.2 Å². The molecule has 0 aromatic heterocycles. The third-order valence-electron chi connectivity index (χ3n) is 2.06. The zero-order valence-corrected chi connectivity index (χ0v) is 8.81. The summed E-state index contributed by atoms with van der Waals surface area (Å²) in [4.78, 5) is 0. The van der Waals surface area contributed by atoms with Crippen molar-refractivity contribution >= 4 is 11.6 Å². The van der Waals surface area contributed by atoms with Crippen LogP contribution in [0.25, 0.3) is 0 Å². The van der Waals surface area contributed by atoms with Gasteiger partial charge < -0.3 is 10.8 Å².